The summed E-state index contributed by atoms with van der Waals surface area (Å²) >= 11 is 0. The number of methoxy groups -OCH3 is 1. The standard InChI is InChI=1S/C16H18FNO3S/c1-11(12-4-9-15(17)16(10-12)21-2)18-13-5-7-14(8-6-13)22(3,19)20/h4-11,18H,1-3H3. The quantitative estimate of drug-likeness (QED) is 0.916. The summed E-state index contributed by atoms with van der Waals surface area (Å²) < 4.78 is 41.2. The molecule has 2 aromatic rings. The number of anilines is 1. The van der Waals surface area contributed by atoms with Crippen LogP contribution in [0.4, 0.5) is 10.1 Å². The molecule has 1 atom stereocenters. The highest BCUT2D eigenvalue weighted by molar-refractivity contribution is 7.90. The molecule has 0 spiro atoms. The summed E-state index contributed by atoms with van der Waals surface area (Å²) in [6.45, 7) is 1.93. The van der Waals surface area contributed by atoms with Gasteiger partial charge in [0.25, 0.3) is 0 Å². The molecule has 0 aliphatic rings. The van der Waals surface area contributed by atoms with Crippen molar-refractivity contribution in [2.24, 2.45) is 0 Å². The van der Waals surface area contributed by atoms with E-state index in [1.54, 1.807) is 36.4 Å². The highest BCUT2D eigenvalue weighted by Crippen LogP contribution is 2.25. The summed E-state index contributed by atoms with van der Waals surface area (Å²) in [6, 6.07) is 11.1. The first kappa shape index (κ1) is 16.3. The van der Waals surface area contributed by atoms with Crippen molar-refractivity contribution >= 4 is 15.5 Å². The third-order valence-corrected chi connectivity index (χ3v) is 4.47. The van der Waals surface area contributed by atoms with E-state index in [0.717, 1.165) is 11.3 Å². The maximum Gasteiger partial charge on any atom is 0.175 e. The minimum atomic E-state index is -3.20. The van der Waals surface area contributed by atoms with Crippen molar-refractivity contribution in [1.29, 1.82) is 0 Å². The van der Waals surface area contributed by atoms with Crippen LogP contribution < -0.4 is 10.1 Å². The summed E-state index contributed by atoms with van der Waals surface area (Å²) in [6.07, 6.45) is 1.17. The third-order valence-electron chi connectivity index (χ3n) is 3.34. The molecule has 22 heavy (non-hydrogen) atoms. The molecule has 0 aliphatic heterocycles. The lowest BCUT2D eigenvalue weighted by Crippen LogP contribution is -2.07. The normalized spacial score (nSPS) is 12.7. The van der Waals surface area contributed by atoms with Gasteiger partial charge in [-0.25, -0.2) is 12.8 Å². The van der Waals surface area contributed by atoms with Crippen LogP contribution in [0.15, 0.2) is 47.4 Å². The molecule has 0 bridgehead atoms. The lowest BCUT2D eigenvalue weighted by molar-refractivity contribution is 0.385. The molecule has 2 aromatic carbocycles. The molecule has 0 aromatic heterocycles. The van der Waals surface area contributed by atoms with E-state index in [2.05, 4.69) is 5.32 Å². The highest BCUT2D eigenvalue weighted by Gasteiger charge is 2.11. The Hall–Kier alpha value is -2.08. The molecule has 4 nitrogen and oxygen atoms in total. The van der Waals surface area contributed by atoms with Gasteiger partial charge in [0.1, 0.15) is 0 Å². The van der Waals surface area contributed by atoms with Crippen molar-refractivity contribution in [2.45, 2.75) is 17.9 Å². The molecule has 0 saturated carbocycles. The van der Waals surface area contributed by atoms with E-state index in [1.807, 2.05) is 6.92 Å². The Kier molecular flexibility index (Phi) is 4.71. The average molecular weight is 323 g/mol. The minimum absolute atomic E-state index is 0.0846. The lowest BCUT2D eigenvalue weighted by atomic mass is 10.1. The van der Waals surface area contributed by atoms with E-state index in [0.29, 0.717) is 0 Å². The highest BCUT2D eigenvalue weighted by atomic mass is 32.2. The Morgan fingerprint density at radius 1 is 1.14 bits per heavy atom. The van der Waals surface area contributed by atoms with Gasteiger partial charge in [-0.05, 0) is 48.9 Å². The molecule has 0 amide bonds. The van der Waals surface area contributed by atoms with Crippen LogP contribution in [0.25, 0.3) is 0 Å². The van der Waals surface area contributed by atoms with E-state index < -0.39 is 15.7 Å². The molecule has 0 aliphatic carbocycles. The maximum atomic E-state index is 13.4. The molecule has 0 fully saturated rings. The third kappa shape index (κ3) is 3.76. The maximum absolute atomic E-state index is 13.4. The van der Waals surface area contributed by atoms with Crippen LogP contribution in [0.2, 0.25) is 0 Å². The second kappa shape index (κ2) is 6.36. The number of rotatable bonds is 5. The Bertz CT molecular complexity index is 757. The average Bonchev–Trinajstić information content (AvgIpc) is 2.47. The predicted molar refractivity (Wildman–Crippen MR) is 84.5 cm³/mol. The summed E-state index contributed by atoms with van der Waals surface area (Å²) in [7, 11) is -1.78. The fourth-order valence-corrected chi connectivity index (χ4v) is 2.71. The first-order chi connectivity index (χ1) is 10.3. The second-order valence-corrected chi connectivity index (χ2v) is 7.07. The fourth-order valence-electron chi connectivity index (χ4n) is 2.08. The van der Waals surface area contributed by atoms with Gasteiger partial charge in [0.2, 0.25) is 0 Å². The molecule has 6 heteroatoms. The zero-order valence-electron chi connectivity index (χ0n) is 12.6. The predicted octanol–water partition coefficient (Wildman–Crippen LogP) is 3.41. The van der Waals surface area contributed by atoms with Crippen molar-refractivity contribution in [3.63, 3.8) is 0 Å². The monoisotopic (exact) mass is 323 g/mol. The van der Waals surface area contributed by atoms with Gasteiger partial charge in [0, 0.05) is 18.0 Å². The number of hydrogen-bond donors (Lipinski definition) is 1. The van der Waals surface area contributed by atoms with E-state index >= 15 is 0 Å². The van der Waals surface area contributed by atoms with Gasteiger partial charge in [-0.1, -0.05) is 6.07 Å². The Morgan fingerprint density at radius 2 is 1.77 bits per heavy atom. The van der Waals surface area contributed by atoms with Crippen LogP contribution >= 0.6 is 0 Å². The zero-order chi connectivity index (χ0) is 16.3. The zero-order valence-corrected chi connectivity index (χ0v) is 13.4. The molecule has 0 saturated heterocycles. The van der Waals surface area contributed by atoms with Gasteiger partial charge in [-0.3, -0.25) is 0 Å². The van der Waals surface area contributed by atoms with Crippen LogP contribution in [0, 0.1) is 5.82 Å². The van der Waals surface area contributed by atoms with Gasteiger partial charge < -0.3 is 10.1 Å². The van der Waals surface area contributed by atoms with Crippen LogP contribution in [0.3, 0.4) is 0 Å². The van der Waals surface area contributed by atoms with E-state index in [-0.39, 0.29) is 16.7 Å². The van der Waals surface area contributed by atoms with E-state index in [4.69, 9.17) is 4.74 Å². The molecule has 1 unspecified atom stereocenters. The first-order valence-electron chi connectivity index (χ1n) is 6.71. The Morgan fingerprint density at radius 3 is 2.32 bits per heavy atom. The molecular formula is C16H18FNO3S. The topological polar surface area (TPSA) is 55.4 Å². The SMILES string of the molecule is COc1cc(C(C)Nc2ccc(S(C)(=O)=O)cc2)ccc1F. The van der Waals surface area contributed by atoms with Gasteiger partial charge >= 0.3 is 0 Å². The summed E-state index contributed by atoms with van der Waals surface area (Å²) in [5.74, 6) is -0.213. The smallest absolute Gasteiger partial charge is 0.175 e. The second-order valence-electron chi connectivity index (χ2n) is 5.06. The number of hydrogen-bond acceptors (Lipinski definition) is 4. The number of benzene rings is 2. The molecular weight excluding hydrogens is 305 g/mol. The minimum Gasteiger partial charge on any atom is -0.494 e. The largest absolute Gasteiger partial charge is 0.494 e. The molecule has 2 rings (SSSR count). The number of ether oxygens (including phenoxy) is 1. The van der Waals surface area contributed by atoms with Crippen molar-refractivity contribution < 1.29 is 17.5 Å². The van der Waals surface area contributed by atoms with Crippen molar-refractivity contribution in [1.82, 2.24) is 0 Å². The molecule has 118 valence electrons. The van der Waals surface area contributed by atoms with Crippen LogP contribution in [-0.4, -0.2) is 21.8 Å². The van der Waals surface area contributed by atoms with Gasteiger partial charge in [-0.15, -0.1) is 0 Å². The Labute approximate surface area is 129 Å². The van der Waals surface area contributed by atoms with Gasteiger partial charge in [0.15, 0.2) is 21.4 Å². The van der Waals surface area contributed by atoms with Crippen molar-refractivity contribution in [2.75, 3.05) is 18.7 Å². The number of halogens is 1. The van der Waals surface area contributed by atoms with Crippen LogP contribution in [0.5, 0.6) is 5.75 Å². The van der Waals surface area contributed by atoms with Crippen molar-refractivity contribution in [3.8, 4) is 5.75 Å². The lowest BCUT2D eigenvalue weighted by Gasteiger charge is -2.17. The first-order valence-corrected chi connectivity index (χ1v) is 8.60. The number of nitrogens with one attached hydrogen (secondary N) is 1. The summed E-state index contributed by atoms with van der Waals surface area (Å²) in [5.41, 5.74) is 1.65. The van der Waals surface area contributed by atoms with Crippen LogP contribution in [-0.2, 0) is 9.84 Å². The van der Waals surface area contributed by atoms with Crippen molar-refractivity contribution in [3.05, 3.63) is 53.8 Å². The Balaban J connectivity index is 2.16. The van der Waals surface area contributed by atoms with Gasteiger partial charge in [0.05, 0.1) is 12.0 Å². The van der Waals surface area contributed by atoms with E-state index in [9.17, 15) is 12.8 Å². The van der Waals surface area contributed by atoms with E-state index in [1.165, 1.54) is 19.4 Å². The number of sulfone groups is 1. The molecule has 0 heterocycles. The molecule has 0 radical (unpaired) electrons. The summed E-state index contributed by atoms with van der Waals surface area (Å²) in [4.78, 5) is 0.272. The van der Waals surface area contributed by atoms with Crippen LogP contribution in [0.1, 0.15) is 18.5 Å². The fraction of sp³-hybridized carbons (Fsp3) is 0.250. The summed E-state index contributed by atoms with van der Waals surface area (Å²) in [5, 5.41) is 3.23. The molecule has 1 N–H and O–H groups in total. The van der Waals surface area contributed by atoms with Gasteiger partial charge in [-0.2, -0.15) is 0 Å².